The largest absolute Gasteiger partial charge is 0.447 e. The van der Waals surface area contributed by atoms with Crippen LogP contribution in [0.15, 0.2) is 21.6 Å². The zero-order valence-corrected chi connectivity index (χ0v) is 5.81. The highest BCUT2D eigenvalue weighted by Gasteiger charge is 2.01. The van der Waals surface area contributed by atoms with E-state index < -0.39 is 0 Å². The lowest BCUT2D eigenvalue weighted by Gasteiger charge is -1.82. The predicted molar refractivity (Wildman–Crippen MR) is 36.0 cm³/mol. The number of carbonyl (C=O) groups excluding carboxylic acids is 1. The van der Waals surface area contributed by atoms with Gasteiger partial charge in [0.25, 0.3) is 0 Å². The van der Waals surface area contributed by atoms with Crippen LogP contribution in [-0.4, -0.2) is 5.78 Å². The Balaban J connectivity index is 2.98. The summed E-state index contributed by atoms with van der Waals surface area (Å²) in [7, 11) is 0. The molecule has 1 rings (SSSR count). The zero-order valence-electron chi connectivity index (χ0n) is 4.92. The smallest absolute Gasteiger partial charge is 0.194 e. The van der Waals surface area contributed by atoms with Gasteiger partial charge in [-0.05, 0) is 12.1 Å². The molecule has 0 spiro atoms. The first-order valence-corrected chi connectivity index (χ1v) is 2.94. The molecule has 0 bridgehead atoms. The van der Waals surface area contributed by atoms with Crippen LogP contribution in [0.25, 0.3) is 0 Å². The minimum Gasteiger partial charge on any atom is -0.447 e. The van der Waals surface area contributed by atoms with Gasteiger partial charge in [0.15, 0.2) is 16.6 Å². The molecule has 48 valence electrons. The van der Waals surface area contributed by atoms with E-state index >= 15 is 0 Å². The molecule has 0 amide bonds. The van der Waals surface area contributed by atoms with E-state index in [9.17, 15) is 4.79 Å². The first kappa shape index (κ1) is 6.42. The number of hydrogen-bond donors (Lipinski definition) is 1. The highest BCUT2D eigenvalue weighted by Crippen LogP contribution is 2.10. The molecule has 1 heterocycles. The normalized spacial score (nSPS) is 9.56. The maximum absolute atomic E-state index is 10.5. The van der Waals surface area contributed by atoms with Crippen LogP contribution >= 0.6 is 12.6 Å². The van der Waals surface area contributed by atoms with Crippen molar-refractivity contribution in [1.29, 1.82) is 0 Å². The standard InChI is InChI=1S/C6H6O2S/c1-4(7)5-2-3-6(9)8-5/h2-3,9H,1H3. The lowest BCUT2D eigenvalue weighted by molar-refractivity contribution is 0.0982. The number of Topliss-reactive ketones (excluding diaryl/α,β-unsaturated/α-hetero) is 1. The third-order valence-electron chi connectivity index (χ3n) is 0.939. The van der Waals surface area contributed by atoms with Crippen molar-refractivity contribution in [1.82, 2.24) is 0 Å². The monoisotopic (exact) mass is 142 g/mol. The molecule has 0 aromatic carbocycles. The molecule has 1 aromatic heterocycles. The summed E-state index contributed by atoms with van der Waals surface area (Å²) in [5.41, 5.74) is 0. The van der Waals surface area contributed by atoms with Crippen molar-refractivity contribution in [2.75, 3.05) is 0 Å². The van der Waals surface area contributed by atoms with E-state index in [1.807, 2.05) is 0 Å². The van der Waals surface area contributed by atoms with Crippen molar-refractivity contribution in [3.05, 3.63) is 17.9 Å². The highest BCUT2D eigenvalue weighted by atomic mass is 32.1. The van der Waals surface area contributed by atoms with Crippen LogP contribution in [0.3, 0.4) is 0 Å². The van der Waals surface area contributed by atoms with E-state index in [2.05, 4.69) is 12.6 Å². The second-order valence-electron chi connectivity index (χ2n) is 1.69. The molecule has 1 aromatic rings. The molecular formula is C6H6O2S. The number of thiol groups is 1. The van der Waals surface area contributed by atoms with Crippen LogP contribution in [-0.2, 0) is 0 Å². The Kier molecular flexibility index (Phi) is 1.62. The Labute approximate surface area is 58.3 Å². The van der Waals surface area contributed by atoms with Crippen molar-refractivity contribution in [2.24, 2.45) is 0 Å². The minimum absolute atomic E-state index is 0.0738. The third-order valence-corrected chi connectivity index (χ3v) is 1.18. The fourth-order valence-corrected chi connectivity index (χ4v) is 0.690. The molecule has 0 saturated carbocycles. The quantitative estimate of drug-likeness (QED) is 0.478. The molecule has 0 unspecified atom stereocenters. The Morgan fingerprint density at radius 2 is 2.33 bits per heavy atom. The molecule has 0 fully saturated rings. The van der Waals surface area contributed by atoms with Crippen molar-refractivity contribution < 1.29 is 9.21 Å². The van der Waals surface area contributed by atoms with Gasteiger partial charge in [0.1, 0.15) is 0 Å². The van der Waals surface area contributed by atoms with Crippen molar-refractivity contribution in [3.63, 3.8) is 0 Å². The lowest BCUT2D eigenvalue weighted by Crippen LogP contribution is -1.85. The minimum atomic E-state index is -0.0738. The summed E-state index contributed by atoms with van der Waals surface area (Å²) in [4.78, 5) is 10.5. The average molecular weight is 142 g/mol. The van der Waals surface area contributed by atoms with Crippen LogP contribution in [0.1, 0.15) is 17.5 Å². The summed E-state index contributed by atoms with van der Waals surface area (Å²) in [6, 6.07) is 3.24. The number of ketones is 1. The maximum atomic E-state index is 10.5. The lowest BCUT2D eigenvalue weighted by atomic mass is 10.3. The van der Waals surface area contributed by atoms with Gasteiger partial charge in [-0.2, -0.15) is 0 Å². The van der Waals surface area contributed by atoms with Crippen molar-refractivity contribution >= 4 is 18.4 Å². The summed E-state index contributed by atoms with van der Waals surface area (Å²) < 4.78 is 4.86. The molecule has 0 radical (unpaired) electrons. The Bertz CT molecular complexity index is 227. The summed E-state index contributed by atoms with van der Waals surface area (Å²) in [6.07, 6.45) is 0. The van der Waals surface area contributed by atoms with Gasteiger partial charge < -0.3 is 4.42 Å². The molecule has 0 aliphatic heterocycles. The number of furan rings is 1. The summed E-state index contributed by atoms with van der Waals surface area (Å²) in [6.45, 7) is 1.45. The molecule has 3 heteroatoms. The van der Waals surface area contributed by atoms with Gasteiger partial charge in [0, 0.05) is 6.92 Å². The van der Waals surface area contributed by atoms with E-state index in [-0.39, 0.29) is 5.78 Å². The van der Waals surface area contributed by atoms with Crippen molar-refractivity contribution in [3.8, 4) is 0 Å². The van der Waals surface area contributed by atoms with Gasteiger partial charge in [0.2, 0.25) is 0 Å². The fraction of sp³-hybridized carbons (Fsp3) is 0.167. The van der Waals surface area contributed by atoms with E-state index in [0.29, 0.717) is 10.9 Å². The van der Waals surface area contributed by atoms with E-state index in [1.165, 1.54) is 6.92 Å². The SMILES string of the molecule is CC(=O)c1ccc(S)o1. The number of hydrogen-bond acceptors (Lipinski definition) is 3. The topological polar surface area (TPSA) is 30.2 Å². The molecular weight excluding hydrogens is 136 g/mol. The van der Waals surface area contributed by atoms with Gasteiger partial charge in [-0.15, -0.1) is 12.6 Å². The fourth-order valence-electron chi connectivity index (χ4n) is 0.517. The zero-order chi connectivity index (χ0) is 6.85. The van der Waals surface area contributed by atoms with Crippen LogP contribution in [0, 0.1) is 0 Å². The van der Waals surface area contributed by atoms with Gasteiger partial charge in [0.05, 0.1) is 0 Å². The van der Waals surface area contributed by atoms with Crippen LogP contribution in [0.4, 0.5) is 0 Å². The summed E-state index contributed by atoms with van der Waals surface area (Å²) >= 11 is 3.88. The summed E-state index contributed by atoms with van der Waals surface area (Å²) in [5, 5.41) is 0.472. The molecule has 0 aliphatic rings. The van der Waals surface area contributed by atoms with Gasteiger partial charge >= 0.3 is 0 Å². The van der Waals surface area contributed by atoms with Crippen LogP contribution in [0.5, 0.6) is 0 Å². The number of rotatable bonds is 1. The van der Waals surface area contributed by atoms with Crippen LogP contribution < -0.4 is 0 Å². The second-order valence-corrected chi connectivity index (χ2v) is 2.13. The third kappa shape index (κ3) is 1.36. The molecule has 9 heavy (non-hydrogen) atoms. The first-order valence-electron chi connectivity index (χ1n) is 2.50. The van der Waals surface area contributed by atoms with Gasteiger partial charge in [-0.25, -0.2) is 0 Å². The molecule has 0 N–H and O–H groups in total. The molecule has 0 saturated heterocycles. The highest BCUT2D eigenvalue weighted by molar-refractivity contribution is 7.80. The average Bonchev–Trinajstić information content (AvgIpc) is 2.14. The molecule has 2 nitrogen and oxygen atoms in total. The Morgan fingerprint density at radius 3 is 2.56 bits per heavy atom. The maximum Gasteiger partial charge on any atom is 0.194 e. The predicted octanol–water partition coefficient (Wildman–Crippen LogP) is 1.77. The first-order chi connectivity index (χ1) is 4.20. The number of carbonyl (C=O) groups is 1. The van der Waals surface area contributed by atoms with E-state index in [1.54, 1.807) is 12.1 Å². The van der Waals surface area contributed by atoms with Crippen molar-refractivity contribution in [2.45, 2.75) is 12.0 Å². The van der Waals surface area contributed by atoms with Gasteiger partial charge in [-0.3, -0.25) is 4.79 Å². The summed E-state index contributed by atoms with van der Waals surface area (Å²) in [5.74, 6) is 0.287. The van der Waals surface area contributed by atoms with E-state index in [0.717, 1.165) is 0 Å². The molecule has 0 aliphatic carbocycles. The van der Waals surface area contributed by atoms with E-state index in [4.69, 9.17) is 4.42 Å². The molecule has 0 atom stereocenters. The van der Waals surface area contributed by atoms with Gasteiger partial charge in [-0.1, -0.05) is 0 Å². The Hall–Kier alpha value is -0.700. The Morgan fingerprint density at radius 1 is 1.67 bits per heavy atom. The van der Waals surface area contributed by atoms with Crippen LogP contribution in [0.2, 0.25) is 0 Å². The second kappa shape index (κ2) is 2.27.